The van der Waals surface area contributed by atoms with E-state index in [9.17, 15) is 18.4 Å². The molecule has 9 heteroatoms. The van der Waals surface area contributed by atoms with E-state index < -0.39 is 21.9 Å². The van der Waals surface area contributed by atoms with Crippen LogP contribution in [0.15, 0.2) is 82.7 Å². The quantitative estimate of drug-likeness (QED) is 0.621. The fourth-order valence-electron chi connectivity index (χ4n) is 3.70. The Morgan fingerprint density at radius 3 is 2.48 bits per heavy atom. The van der Waals surface area contributed by atoms with Crippen LogP contribution in [0.25, 0.3) is 0 Å². The molecule has 170 valence electrons. The summed E-state index contributed by atoms with van der Waals surface area (Å²) in [7, 11) is -2.13. The van der Waals surface area contributed by atoms with Gasteiger partial charge in [0.2, 0.25) is 0 Å². The van der Waals surface area contributed by atoms with E-state index in [1.54, 1.807) is 12.1 Å². The fraction of sp³-hybridized carbons (Fsp3) is 0.167. The van der Waals surface area contributed by atoms with Gasteiger partial charge in [-0.2, -0.15) is 0 Å². The number of benzene rings is 3. The van der Waals surface area contributed by atoms with Crippen molar-refractivity contribution in [3.8, 4) is 5.75 Å². The van der Waals surface area contributed by atoms with Gasteiger partial charge in [0.25, 0.3) is 5.91 Å². The van der Waals surface area contributed by atoms with Gasteiger partial charge in [-0.05, 0) is 23.8 Å². The Labute approximate surface area is 192 Å². The van der Waals surface area contributed by atoms with Crippen molar-refractivity contribution in [1.29, 1.82) is 0 Å². The van der Waals surface area contributed by atoms with Crippen LogP contribution in [-0.4, -0.2) is 45.1 Å². The third kappa shape index (κ3) is 4.65. The summed E-state index contributed by atoms with van der Waals surface area (Å²) in [6.07, 6.45) is 0.0711. The zero-order valence-corrected chi connectivity index (χ0v) is 18.9. The molecule has 1 amide bonds. The number of sulfone groups is 1. The summed E-state index contributed by atoms with van der Waals surface area (Å²) in [5, 5.41) is 16.4. The maximum atomic E-state index is 13.1. The number of hydroxylamine groups is 2. The molecule has 4 rings (SSSR count). The van der Waals surface area contributed by atoms with Crippen LogP contribution in [-0.2, 0) is 9.84 Å². The van der Waals surface area contributed by atoms with Crippen LogP contribution < -0.4 is 10.1 Å². The lowest BCUT2D eigenvalue weighted by atomic mass is 9.96. The van der Waals surface area contributed by atoms with Gasteiger partial charge >= 0.3 is 0 Å². The smallest absolute Gasteiger partial charge is 0.256 e. The van der Waals surface area contributed by atoms with E-state index in [0.29, 0.717) is 16.3 Å². The van der Waals surface area contributed by atoms with E-state index in [2.05, 4.69) is 10.3 Å². The average Bonchev–Trinajstić information content (AvgIpc) is 2.95. The van der Waals surface area contributed by atoms with Gasteiger partial charge in [-0.1, -0.05) is 54.6 Å². The van der Waals surface area contributed by atoms with Crippen molar-refractivity contribution >= 4 is 21.5 Å². The summed E-state index contributed by atoms with van der Waals surface area (Å²) in [4.78, 5) is 17.7. The summed E-state index contributed by atoms with van der Waals surface area (Å²) in [6.45, 7) is -0.173. The zero-order valence-electron chi connectivity index (χ0n) is 18.1. The highest BCUT2D eigenvalue weighted by atomic mass is 32.2. The molecule has 1 aliphatic rings. The molecule has 0 fully saturated rings. The molecular weight excluding hydrogens is 442 g/mol. The number of nitrogens with one attached hydrogen (secondary N) is 1. The number of carbonyl (C=O) groups is 1. The van der Waals surface area contributed by atoms with Crippen LogP contribution in [0.5, 0.6) is 5.75 Å². The predicted octanol–water partition coefficient (Wildman–Crippen LogP) is 3.14. The Morgan fingerprint density at radius 2 is 1.79 bits per heavy atom. The van der Waals surface area contributed by atoms with Crippen LogP contribution in [0, 0.1) is 5.21 Å². The number of fused-ring (bicyclic) bond motifs is 1. The van der Waals surface area contributed by atoms with Crippen molar-refractivity contribution in [2.24, 2.45) is 4.99 Å². The molecule has 0 saturated carbocycles. The van der Waals surface area contributed by atoms with Crippen molar-refractivity contribution < 1.29 is 17.9 Å². The van der Waals surface area contributed by atoms with Crippen LogP contribution in [0.4, 0.5) is 0 Å². The lowest BCUT2D eigenvalue weighted by Gasteiger charge is -2.35. The van der Waals surface area contributed by atoms with Crippen molar-refractivity contribution in [2.75, 3.05) is 20.0 Å². The molecular formula is C24H22N3O5S-. The summed E-state index contributed by atoms with van der Waals surface area (Å²) in [5.74, 6) is -0.480. The molecule has 33 heavy (non-hydrogen) atoms. The number of aliphatic imine (C=N–C) groups is 1. The standard InChI is InChI=1S/C24H22N3O5S/c1-32-21-14-17(33(2,30)31)12-13-20(21)24(28)26-23-19-11-7-6-10-18(19)22(25-15-27(23)29)16-8-4-3-5-9-16/h3-14,23H,15H2,1-2H3,(H,26,28)/q-1. The highest BCUT2D eigenvalue weighted by molar-refractivity contribution is 7.90. The second kappa shape index (κ2) is 9.14. The van der Waals surface area contributed by atoms with Gasteiger partial charge in [0.15, 0.2) is 9.84 Å². The number of amides is 1. The van der Waals surface area contributed by atoms with Gasteiger partial charge in [-0.15, -0.1) is 0 Å². The van der Waals surface area contributed by atoms with E-state index >= 15 is 0 Å². The van der Waals surface area contributed by atoms with E-state index in [1.807, 2.05) is 42.5 Å². The number of methoxy groups -OCH3 is 1. The molecule has 0 aromatic heterocycles. The molecule has 1 heterocycles. The largest absolute Gasteiger partial charge is 0.782 e. The van der Waals surface area contributed by atoms with Crippen molar-refractivity contribution in [2.45, 2.75) is 11.1 Å². The second-order valence-electron chi connectivity index (χ2n) is 7.53. The van der Waals surface area contributed by atoms with Crippen LogP contribution >= 0.6 is 0 Å². The summed E-state index contributed by atoms with van der Waals surface area (Å²) in [6, 6.07) is 20.8. The Kier molecular flexibility index (Phi) is 6.28. The summed E-state index contributed by atoms with van der Waals surface area (Å²) in [5.41, 5.74) is 2.99. The number of hydrogen-bond acceptors (Lipinski definition) is 7. The Bertz CT molecular complexity index is 1320. The second-order valence-corrected chi connectivity index (χ2v) is 9.54. The Morgan fingerprint density at radius 1 is 1.09 bits per heavy atom. The molecule has 1 unspecified atom stereocenters. The van der Waals surface area contributed by atoms with Gasteiger partial charge in [0.1, 0.15) is 5.75 Å². The third-order valence-electron chi connectivity index (χ3n) is 5.33. The fourth-order valence-corrected chi connectivity index (χ4v) is 4.33. The number of rotatable bonds is 5. The van der Waals surface area contributed by atoms with Gasteiger partial charge in [0, 0.05) is 17.4 Å². The van der Waals surface area contributed by atoms with Crippen molar-refractivity contribution in [3.63, 3.8) is 0 Å². The zero-order chi connectivity index (χ0) is 23.6. The number of hydrogen-bond donors (Lipinski definition) is 1. The molecule has 1 aliphatic heterocycles. The molecule has 1 N–H and O–H groups in total. The first-order valence-electron chi connectivity index (χ1n) is 10.1. The first-order valence-corrected chi connectivity index (χ1v) is 12.0. The summed E-state index contributed by atoms with van der Waals surface area (Å²) >= 11 is 0. The molecule has 3 aromatic rings. The van der Waals surface area contributed by atoms with Gasteiger partial charge < -0.3 is 20.3 Å². The van der Waals surface area contributed by atoms with Crippen molar-refractivity contribution in [3.05, 3.63) is 100 Å². The average molecular weight is 465 g/mol. The highest BCUT2D eigenvalue weighted by Crippen LogP contribution is 2.29. The first-order chi connectivity index (χ1) is 15.8. The minimum atomic E-state index is -3.48. The molecule has 0 radical (unpaired) electrons. The molecule has 0 aliphatic carbocycles. The monoisotopic (exact) mass is 464 g/mol. The van der Waals surface area contributed by atoms with E-state index in [0.717, 1.165) is 17.4 Å². The maximum absolute atomic E-state index is 13.1. The Hall–Kier alpha value is -3.53. The number of ether oxygens (including phenoxy) is 1. The van der Waals surface area contributed by atoms with Crippen LogP contribution in [0.1, 0.15) is 33.2 Å². The normalized spacial score (nSPS) is 16.3. The Balaban J connectivity index is 1.70. The summed E-state index contributed by atoms with van der Waals surface area (Å²) < 4.78 is 28.9. The minimum Gasteiger partial charge on any atom is -0.782 e. The minimum absolute atomic E-state index is 0.0297. The number of carbonyl (C=O) groups excluding carboxylic acids is 1. The van der Waals surface area contributed by atoms with Crippen LogP contribution in [0.3, 0.4) is 0 Å². The van der Waals surface area contributed by atoms with Gasteiger partial charge in [-0.25, -0.2) is 8.42 Å². The SMILES string of the molecule is COc1cc(S(C)(=O)=O)ccc1C(=O)NC1c2ccccc2C(c2ccccc2)=NCN1[O-]. The molecule has 8 nitrogen and oxygen atoms in total. The molecule has 1 atom stereocenters. The third-order valence-corrected chi connectivity index (χ3v) is 6.44. The van der Waals surface area contributed by atoms with Crippen LogP contribution in [0.2, 0.25) is 0 Å². The van der Waals surface area contributed by atoms with Crippen molar-refractivity contribution in [1.82, 2.24) is 10.4 Å². The van der Waals surface area contributed by atoms with Gasteiger partial charge in [0.05, 0.1) is 36.1 Å². The van der Waals surface area contributed by atoms with E-state index in [1.165, 1.54) is 25.3 Å². The molecule has 3 aromatic carbocycles. The molecule has 0 saturated heterocycles. The van der Waals surface area contributed by atoms with Gasteiger partial charge in [-0.3, -0.25) is 9.79 Å². The van der Waals surface area contributed by atoms with E-state index in [4.69, 9.17) is 4.74 Å². The number of nitrogens with zero attached hydrogens (tertiary/aromatic N) is 2. The predicted molar refractivity (Wildman–Crippen MR) is 125 cm³/mol. The lowest BCUT2D eigenvalue weighted by Crippen LogP contribution is -2.38. The topological polar surface area (TPSA) is 111 Å². The van der Waals surface area contributed by atoms with E-state index in [-0.39, 0.29) is 22.9 Å². The first kappa shape index (κ1) is 22.7. The highest BCUT2D eigenvalue weighted by Gasteiger charge is 2.26. The molecule has 0 bridgehead atoms. The maximum Gasteiger partial charge on any atom is 0.256 e. The molecule has 0 spiro atoms. The lowest BCUT2D eigenvalue weighted by molar-refractivity contribution is 0.0886.